The van der Waals surface area contributed by atoms with Gasteiger partial charge in [0.15, 0.2) is 9.75 Å². The molecule has 45 heavy (non-hydrogen) atoms. The first-order chi connectivity index (χ1) is 21.4. The normalized spacial score (nSPS) is 30.6. The zero-order valence-corrected chi connectivity index (χ0v) is 25.6. The van der Waals surface area contributed by atoms with Crippen LogP contribution in [-0.2, 0) is 19.2 Å². The molecule has 228 valence electrons. The molecule has 4 amide bonds. The summed E-state index contributed by atoms with van der Waals surface area (Å²) in [7, 11) is 0. The lowest BCUT2D eigenvalue weighted by Crippen LogP contribution is -2.60. The van der Waals surface area contributed by atoms with Crippen LogP contribution in [0.4, 0.5) is 15.8 Å². The number of aryl methyl sites for hydroxylation is 1. The van der Waals surface area contributed by atoms with Crippen molar-refractivity contribution >= 4 is 64.3 Å². The molecule has 7 rings (SSSR count). The first-order valence-corrected chi connectivity index (χ1v) is 15.3. The molecule has 10 heteroatoms. The Kier molecular flexibility index (Phi) is 6.62. The van der Waals surface area contributed by atoms with Crippen molar-refractivity contribution in [1.82, 2.24) is 0 Å². The Bertz CT molecular complexity index is 1860. The van der Waals surface area contributed by atoms with E-state index in [9.17, 15) is 28.7 Å². The third-order valence-electron chi connectivity index (χ3n) is 9.84. The number of phenolic OH excluding ortho intramolecular Hbond substituents is 1. The van der Waals surface area contributed by atoms with E-state index >= 15 is 0 Å². The fraction of sp³-hybridized carbons (Fsp3) is 0.257. The van der Waals surface area contributed by atoms with E-state index in [1.807, 2.05) is 6.08 Å². The molecule has 4 aliphatic rings. The Morgan fingerprint density at radius 3 is 2.18 bits per heavy atom. The number of hydrogen-bond donors (Lipinski definition) is 1. The predicted molar refractivity (Wildman–Crippen MR) is 168 cm³/mol. The number of rotatable bonds is 4. The van der Waals surface area contributed by atoms with Gasteiger partial charge in [-0.3, -0.25) is 24.1 Å². The largest absolute Gasteiger partial charge is 0.508 e. The van der Waals surface area contributed by atoms with Gasteiger partial charge in [-0.25, -0.2) is 9.29 Å². The Balaban J connectivity index is 1.38. The Morgan fingerprint density at radius 1 is 0.889 bits per heavy atom. The zero-order chi connectivity index (χ0) is 32.0. The average molecular weight is 646 g/mol. The second-order valence-electron chi connectivity index (χ2n) is 12.1. The number of amides is 4. The van der Waals surface area contributed by atoms with Crippen molar-refractivity contribution in [2.75, 3.05) is 9.80 Å². The molecule has 2 heterocycles. The molecule has 1 saturated carbocycles. The Labute approximate surface area is 268 Å². The maximum atomic E-state index is 14.4. The quantitative estimate of drug-likeness (QED) is 0.206. The van der Waals surface area contributed by atoms with Gasteiger partial charge in [0, 0.05) is 5.92 Å². The molecule has 2 aliphatic carbocycles. The smallest absolute Gasteiger partial charge is 0.258 e. The molecule has 3 aromatic rings. The number of imide groups is 2. The molecule has 3 fully saturated rings. The average Bonchev–Trinajstić information content (AvgIpc) is 3.37. The van der Waals surface area contributed by atoms with Crippen molar-refractivity contribution in [3.05, 3.63) is 107 Å². The highest BCUT2D eigenvalue weighted by Gasteiger charge is 2.76. The number of benzene rings is 3. The van der Waals surface area contributed by atoms with Crippen molar-refractivity contribution in [1.29, 1.82) is 0 Å². The van der Waals surface area contributed by atoms with Gasteiger partial charge in [-0.1, -0.05) is 48.6 Å². The van der Waals surface area contributed by atoms with Gasteiger partial charge in [-0.2, -0.15) is 0 Å². The van der Waals surface area contributed by atoms with Gasteiger partial charge < -0.3 is 5.11 Å². The summed E-state index contributed by atoms with van der Waals surface area (Å²) >= 11 is 14.7. The number of hydrogen-bond acceptors (Lipinski definition) is 5. The van der Waals surface area contributed by atoms with Crippen LogP contribution in [0.15, 0.2) is 85.0 Å². The van der Waals surface area contributed by atoms with Gasteiger partial charge >= 0.3 is 0 Å². The second kappa shape index (κ2) is 10.1. The number of halogens is 3. The zero-order valence-electron chi connectivity index (χ0n) is 24.0. The van der Waals surface area contributed by atoms with E-state index in [1.165, 1.54) is 23.1 Å². The number of carbonyl (C=O) groups excluding carboxylic acids is 4. The molecule has 0 spiro atoms. The van der Waals surface area contributed by atoms with Gasteiger partial charge in [0.2, 0.25) is 11.8 Å². The number of aromatic hydroxyl groups is 1. The van der Waals surface area contributed by atoms with Crippen molar-refractivity contribution in [2.45, 2.75) is 35.4 Å². The number of carbonyl (C=O) groups is 4. The summed E-state index contributed by atoms with van der Waals surface area (Å²) in [5.74, 6) is -6.08. The van der Waals surface area contributed by atoms with E-state index < -0.39 is 57.0 Å². The molecule has 0 bridgehead atoms. The highest BCUT2D eigenvalue weighted by Crippen LogP contribution is 2.66. The SMILES string of the molecule is C=Cc1ccc(N2C(=O)C3CC=C4C(CC5(Cl)C(=O)N(c6ccc(F)cc6)C(=O)C5(Cl)C4c4ccc(O)c(C)c4)C3C2=O)cc1. The van der Waals surface area contributed by atoms with Crippen molar-refractivity contribution in [2.24, 2.45) is 17.8 Å². The maximum absolute atomic E-state index is 14.4. The summed E-state index contributed by atoms with van der Waals surface area (Å²) in [5, 5.41) is 10.3. The highest BCUT2D eigenvalue weighted by atomic mass is 35.5. The topological polar surface area (TPSA) is 95.0 Å². The summed E-state index contributed by atoms with van der Waals surface area (Å²) in [6, 6.07) is 16.6. The molecule has 2 saturated heterocycles. The molecule has 1 N–H and O–H groups in total. The number of anilines is 2. The minimum atomic E-state index is -2.04. The van der Waals surface area contributed by atoms with Crippen molar-refractivity contribution in [3.63, 3.8) is 0 Å². The van der Waals surface area contributed by atoms with E-state index in [1.54, 1.807) is 49.4 Å². The van der Waals surface area contributed by atoms with Crippen molar-refractivity contribution in [3.8, 4) is 5.75 Å². The molecule has 0 radical (unpaired) electrons. The summed E-state index contributed by atoms with van der Waals surface area (Å²) < 4.78 is 13.8. The van der Waals surface area contributed by atoms with Gasteiger partial charge in [0.25, 0.3) is 11.8 Å². The van der Waals surface area contributed by atoms with Crippen LogP contribution >= 0.6 is 23.2 Å². The van der Waals surface area contributed by atoms with Crippen LogP contribution in [0.3, 0.4) is 0 Å². The fourth-order valence-electron chi connectivity index (χ4n) is 7.64. The van der Waals surface area contributed by atoms with Crippen molar-refractivity contribution < 1.29 is 28.7 Å². The molecular formula is C35H27Cl2FN2O5. The molecule has 3 aromatic carbocycles. The van der Waals surface area contributed by atoms with Gasteiger partial charge in [-0.15, -0.1) is 23.2 Å². The molecule has 2 aliphatic heterocycles. The number of allylic oxidation sites excluding steroid dienone is 2. The number of nitrogens with zero attached hydrogens (tertiary/aromatic N) is 2. The summed E-state index contributed by atoms with van der Waals surface area (Å²) in [4.78, 5) is 54.7. The number of fused-ring (bicyclic) bond motifs is 4. The highest BCUT2D eigenvalue weighted by molar-refractivity contribution is 6.58. The summed E-state index contributed by atoms with van der Waals surface area (Å²) in [6.45, 7) is 5.44. The van der Waals surface area contributed by atoms with Crippen LogP contribution in [0.25, 0.3) is 6.08 Å². The van der Waals surface area contributed by atoms with Crippen LogP contribution in [0.2, 0.25) is 0 Å². The molecular weight excluding hydrogens is 618 g/mol. The van der Waals surface area contributed by atoms with E-state index in [0.717, 1.165) is 22.6 Å². The molecule has 6 atom stereocenters. The molecule has 7 nitrogen and oxygen atoms in total. The van der Waals surface area contributed by atoms with E-state index in [2.05, 4.69) is 6.58 Å². The second-order valence-corrected chi connectivity index (χ2v) is 13.3. The van der Waals surface area contributed by atoms with Crippen LogP contribution in [0, 0.1) is 30.5 Å². The minimum Gasteiger partial charge on any atom is -0.508 e. The first kappa shape index (κ1) is 29.4. The fourth-order valence-corrected chi connectivity index (χ4v) is 8.58. The summed E-state index contributed by atoms with van der Waals surface area (Å²) in [6.07, 6.45) is 3.56. The van der Waals surface area contributed by atoms with E-state index in [-0.39, 0.29) is 30.2 Å². The predicted octanol–water partition coefficient (Wildman–Crippen LogP) is 6.25. The van der Waals surface area contributed by atoms with Crippen LogP contribution in [0.1, 0.15) is 35.4 Å². The lowest BCUT2D eigenvalue weighted by atomic mass is 9.56. The standard InChI is InChI=1S/C35H27Cl2FN2O5/c1-3-19-4-9-22(10-5-19)39-30(42)25-14-13-24-26(28(25)31(39)43)17-34(36)32(44)40(23-11-7-21(38)8-12-23)33(45)35(34,37)29(24)20-6-15-27(41)18(2)16-20/h3-13,15-16,25-26,28-29,41H,1,14,17H2,2H3. The lowest BCUT2D eigenvalue weighted by molar-refractivity contribution is -0.125. The number of alkyl halides is 2. The Hall–Kier alpha value is -4.27. The van der Waals surface area contributed by atoms with Gasteiger partial charge in [-0.05, 0) is 84.8 Å². The molecule has 0 aromatic heterocycles. The third kappa shape index (κ3) is 3.95. The number of phenols is 1. The first-order valence-electron chi connectivity index (χ1n) is 14.5. The van der Waals surface area contributed by atoms with Crippen LogP contribution < -0.4 is 9.80 Å². The lowest BCUT2D eigenvalue weighted by Gasteiger charge is -2.50. The van der Waals surface area contributed by atoms with E-state index in [0.29, 0.717) is 22.4 Å². The maximum Gasteiger partial charge on any atom is 0.258 e. The van der Waals surface area contributed by atoms with Crippen LogP contribution in [-0.4, -0.2) is 38.5 Å². The van der Waals surface area contributed by atoms with Gasteiger partial charge in [0.05, 0.1) is 23.2 Å². The summed E-state index contributed by atoms with van der Waals surface area (Å²) in [5.41, 5.74) is 3.04. The van der Waals surface area contributed by atoms with Crippen LogP contribution in [0.5, 0.6) is 5.75 Å². The minimum absolute atomic E-state index is 0.0287. The Morgan fingerprint density at radius 2 is 1.53 bits per heavy atom. The monoisotopic (exact) mass is 644 g/mol. The van der Waals surface area contributed by atoms with E-state index in [4.69, 9.17) is 23.2 Å². The van der Waals surface area contributed by atoms with Gasteiger partial charge in [0.1, 0.15) is 11.6 Å². The molecule has 6 unspecified atom stereocenters. The third-order valence-corrected chi connectivity index (χ3v) is 11.3.